The number of aryl methyl sites for hydroxylation is 2. The number of nitrogens with one attached hydrogen (secondary N) is 1. The Hall–Kier alpha value is -1.35. The molecule has 1 N–H and O–H groups in total. The number of carbonyl (C=O) groups is 1. The summed E-state index contributed by atoms with van der Waals surface area (Å²) in [5.41, 5.74) is 3.62. The van der Waals surface area contributed by atoms with Crippen LogP contribution in [0.2, 0.25) is 0 Å². The third-order valence-electron chi connectivity index (χ3n) is 5.23. The van der Waals surface area contributed by atoms with Gasteiger partial charge in [0.1, 0.15) is 11.7 Å². The molecule has 3 unspecified atom stereocenters. The van der Waals surface area contributed by atoms with Crippen molar-refractivity contribution in [2.75, 3.05) is 0 Å². The molecule has 3 aliphatic rings. The number of benzene rings is 1. The highest BCUT2D eigenvalue weighted by Gasteiger charge is 2.62. The molecule has 1 aromatic rings. The molecule has 2 saturated carbocycles. The minimum atomic E-state index is -0.218. The number of hydrogen-bond donors (Lipinski definition) is 1. The van der Waals surface area contributed by atoms with E-state index in [1.165, 1.54) is 16.7 Å². The van der Waals surface area contributed by atoms with Crippen LogP contribution in [0.3, 0.4) is 0 Å². The summed E-state index contributed by atoms with van der Waals surface area (Å²) in [6.07, 6.45) is 3.25. The summed E-state index contributed by atoms with van der Waals surface area (Å²) in [4.78, 5) is 14.9. The predicted octanol–water partition coefficient (Wildman–Crippen LogP) is 2.67. The standard InChI is InChI=1S/C17H22N2O/c1-10-4-5-13(11(2)8-10)15-18-17(6-7-17)16(20)19(15)14-9-12(14)3/h4-5,8,12,14-15,18H,6-7,9H2,1-3H3. The van der Waals surface area contributed by atoms with Crippen LogP contribution in [0.5, 0.6) is 0 Å². The first-order valence-corrected chi connectivity index (χ1v) is 7.69. The molecule has 1 amide bonds. The highest BCUT2D eigenvalue weighted by Crippen LogP contribution is 2.51. The molecule has 4 rings (SSSR count). The fraction of sp³-hybridized carbons (Fsp3) is 0.588. The van der Waals surface area contributed by atoms with Gasteiger partial charge in [-0.1, -0.05) is 30.7 Å². The molecule has 2 aliphatic carbocycles. The first-order chi connectivity index (χ1) is 9.52. The minimum Gasteiger partial charge on any atom is -0.318 e. The monoisotopic (exact) mass is 270 g/mol. The van der Waals surface area contributed by atoms with Crippen LogP contribution < -0.4 is 5.32 Å². The molecule has 20 heavy (non-hydrogen) atoms. The van der Waals surface area contributed by atoms with E-state index in [-0.39, 0.29) is 11.7 Å². The Balaban J connectivity index is 1.73. The molecule has 0 bridgehead atoms. The number of rotatable bonds is 2. The third kappa shape index (κ3) is 1.65. The third-order valence-corrected chi connectivity index (χ3v) is 5.23. The van der Waals surface area contributed by atoms with Gasteiger partial charge in [0.2, 0.25) is 5.91 Å². The zero-order chi connectivity index (χ0) is 14.1. The molecular formula is C17H22N2O. The fourth-order valence-electron chi connectivity index (χ4n) is 3.63. The predicted molar refractivity (Wildman–Crippen MR) is 78.2 cm³/mol. The Labute approximate surface area is 120 Å². The van der Waals surface area contributed by atoms with Crippen LogP contribution >= 0.6 is 0 Å². The summed E-state index contributed by atoms with van der Waals surface area (Å²) in [5.74, 6) is 1.000. The van der Waals surface area contributed by atoms with E-state index in [4.69, 9.17) is 0 Å². The van der Waals surface area contributed by atoms with Gasteiger partial charge in [-0.2, -0.15) is 0 Å². The second-order valence-corrected chi connectivity index (χ2v) is 6.98. The van der Waals surface area contributed by atoms with Gasteiger partial charge in [-0.3, -0.25) is 10.1 Å². The van der Waals surface area contributed by atoms with Crippen LogP contribution in [0.15, 0.2) is 18.2 Å². The first kappa shape index (κ1) is 12.4. The van der Waals surface area contributed by atoms with Gasteiger partial charge in [0.25, 0.3) is 0 Å². The lowest BCUT2D eigenvalue weighted by Gasteiger charge is -2.26. The van der Waals surface area contributed by atoms with Gasteiger partial charge in [0.15, 0.2) is 0 Å². The first-order valence-electron chi connectivity index (χ1n) is 7.69. The van der Waals surface area contributed by atoms with Gasteiger partial charge in [0.05, 0.1) is 0 Å². The number of carbonyl (C=O) groups excluding carboxylic acids is 1. The number of nitrogens with zero attached hydrogens (tertiary/aromatic N) is 1. The van der Waals surface area contributed by atoms with E-state index in [0.29, 0.717) is 17.9 Å². The molecule has 3 nitrogen and oxygen atoms in total. The van der Waals surface area contributed by atoms with Crippen molar-refractivity contribution >= 4 is 5.91 Å². The van der Waals surface area contributed by atoms with E-state index < -0.39 is 0 Å². The van der Waals surface area contributed by atoms with Crippen LogP contribution in [0.25, 0.3) is 0 Å². The highest BCUT2D eigenvalue weighted by molar-refractivity contribution is 5.92. The van der Waals surface area contributed by atoms with Crippen LogP contribution in [0, 0.1) is 19.8 Å². The molecule has 1 spiro atoms. The van der Waals surface area contributed by atoms with E-state index in [9.17, 15) is 4.79 Å². The lowest BCUT2D eigenvalue weighted by atomic mass is 10.0. The highest BCUT2D eigenvalue weighted by atomic mass is 16.2. The second kappa shape index (κ2) is 3.85. The van der Waals surface area contributed by atoms with Crippen LogP contribution in [0.1, 0.15) is 49.0 Å². The SMILES string of the molecule is Cc1ccc(C2NC3(CC3)C(=O)N2C2CC2C)c(C)c1. The second-order valence-electron chi connectivity index (χ2n) is 6.98. The Kier molecular flexibility index (Phi) is 2.39. The molecule has 3 heteroatoms. The van der Waals surface area contributed by atoms with Crippen molar-refractivity contribution in [3.63, 3.8) is 0 Å². The molecular weight excluding hydrogens is 248 g/mol. The Bertz CT molecular complexity index is 591. The van der Waals surface area contributed by atoms with Gasteiger partial charge in [0, 0.05) is 6.04 Å². The Morgan fingerprint density at radius 2 is 2.00 bits per heavy atom. The maximum atomic E-state index is 12.7. The lowest BCUT2D eigenvalue weighted by Crippen LogP contribution is -2.34. The van der Waals surface area contributed by atoms with E-state index in [0.717, 1.165) is 19.3 Å². The van der Waals surface area contributed by atoms with Crippen molar-refractivity contribution in [2.24, 2.45) is 5.92 Å². The van der Waals surface area contributed by atoms with Gasteiger partial charge in [-0.15, -0.1) is 0 Å². The van der Waals surface area contributed by atoms with Crippen molar-refractivity contribution in [3.8, 4) is 0 Å². The quantitative estimate of drug-likeness (QED) is 0.896. The maximum Gasteiger partial charge on any atom is 0.244 e. The van der Waals surface area contributed by atoms with Crippen molar-refractivity contribution in [1.29, 1.82) is 0 Å². The maximum absolute atomic E-state index is 12.7. The summed E-state index contributed by atoms with van der Waals surface area (Å²) in [5, 5.41) is 3.64. The molecule has 0 radical (unpaired) electrons. The van der Waals surface area contributed by atoms with Crippen molar-refractivity contribution in [2.45, 2.75) is 57.8 Å². The Morgan fingerprint density at radius 3 is 2.55 bits per heavy atom. The minimum absolute atomic E-state index is 0.0838. The van der Waals surface area contributed by atoms with E-state index >= 15 is 0 Å². The summed E-state index contributed by atoms with van der Waals surface area (Å²) in [6.45, 7) is 6.52. The van der Waals surface area contributed by atoms with Crippen LogP contribution in [-0.4, -0.2) is 22.4 Å². The average molecular weight is 270 g/mol. The molecule has 0 aromatic heterocycles. The normalized spacial score (nSPS) is 33.9. The molecule has 1 aliphatic heterocycles. The number of amides is 1. The molecule has 1 aromatic carbocycles. The van der Waals surface area contributed by atoms with Crippen molar-refractivity contribution in [1.82, 2.24) is 10.2 Å². The van der Waals surface area contributed by atoms with Gasteiger partial charge in [-0.25, -0.2) is 0 Å². The van der Waals surface area contributed by atoms with E-state index in [1.807, 2.05) is 0 Å². The van der Waals surface area contributed by atoms with Crippen molar-refractivity contribution < 1.29 is 4.79 Å². The van der Waals surface area contributed by atoms with Gasteiger partial charge >= 0.3 is 0 Å². The topological polar surface area (TPSA) is 32.3 Å². The van der Waals surface area contributed by atoms with E-state index in [2.05, 4.69) is 49.2 Å². The van der Waals surface area contributed by atoms with Gasteiger partial charge in [-0.05, 0) is 50.2 Å². The van der Waals surface area contributed by atoms with Crippen molar-refractivity contribution in [3.05, 3.63) is 34.9 Å². The smallest absolute Gasteiger partial charge is 0.244 e. The fourth-order valence-corrected chi connectivity index (χ4v) is 3.63. The largest absolute Gasteiger partial charge is 0.318 e. The summed E-state index contributed by atoms with van der Waals surface area (Å²) < 4.78 is 0. The molecule has 106 valence electrons. The zero-order valence-electron chi connectivity index (χ0n) is 12.4. The summed E-state index contributed by atoms with van der Waals surface area (Å²) in [7, 11) is 0. The van der Waals surface area contributed by atoms with Crippen LogP contribution in [0.4, 0.5) is 0 Å². The Morgan fingerprint density at radius 1 is 1.30 bits per heavy atom. The summed E-state index contributed by atoms with van der Waals surface area (Å²) >= 11 is 0. The van der Waals surface area contributed by atoms with Gasteiger partial charge < -0.3 is 4.90 Å². The summed E-state index contributed by atoms with van der Waals surface area (Å²) in [6, 6.07) is 7.01. The van der Waals surface area contributed by atoms with E-state index in [1.54, 1.807) is 0 Å². The zero-order valence-corrected chi connectivity index (χ0v) is 12.4. The number of hydrogen-bond acceptors (Lipinski definition) is 2. The molecule has 3 fully saturated rings. The van der Waals surface area contributed by atoms with Crippen LogP contribution in [-0.2, 0) is 4.79 Å². The average Bonchev–Trinajstić information content (AvgIpc) is 3.27. The molecule has 1 saturated heterocycles. The lowest BCUT2D eigenvalue weighted by molar-refractivity contribution is -0.131. The molecule has 3 atom stereocenters. The molecule has 1 heterocycles.